The predicted molar refractivity (Wildman–Crippen MR) is 80.3 cm³/mol. The molecule has 0 aliphatic heterocycles. The second-order valence-corrected chi connectivity index (χ2v) is 4.67. The van der Waals surface area contributed by atoms with E-state index in [0.29, 0.717) is 12.4 Å². The Balaban J connectivity index is 1.69. The third kappa shape index (κ3) is 3.09. The Morgan fingerprint density at radius 1 is 1.18 bits per heavy atom. The molecule has 0 amide bonds. The standard InChI is InChI=1S/C15H13N5O2/c21-15(22)11-6-4-10(5-7-11)9-16-13-3-1-2-12(8-13)14-17-19-20-18-14/h1-8,16H,9H2,(H,21,22)(H,17,18,19,20). The molecule has 0 aliphatic rings. The van der Waals surface area contributed by atoms with E-state index in [0.717, 1.165) is 16.8 Å². The molecule has 3 aromatic rings. The summed E-state index contributed by atoms with van der Waals surface area (Å²) in [5, 5.41) is 26.0. The van der Waals surface area contributed by atoms with Gasteiger partial charge in [0.05, 0.1) is 5.56 Å². The third-order valence-electron chi connectivity index (χ3n) is 3.16. The van der Waals surface area contributed by atoms with Gasteiger partial charge in [0.1, 0.15) is 0 Å². The monoisotopic (exact) mass is 295 g/mol. The van der Waals surface area contributed by atoms with Crippen molar-refractivity contribution in [2.24, 2.45) is 0 Å². The zero-order valence-corrected chi connectivity index (χ0v) is 11.5. The van der Waals surface area contributed by atoms with Crippen molar-refractivity contribution in [3.05, 3.63) is 59.7 Å². The van der Waals surface area contributed by atoms with Crippen LogP contribution in [0.5, 0.6) is 0 Å². The lowest BCUT2D eigenvalue weighted by Crippen LogP contribution is -2.01. The van der Waals surface area contributed by atoms with E-state index in [9.17, 15) is 4.79 Å². The van der Waals surface area contributed by atoms with Crippen LogP contribution in [0, 0.1) is 0 Å². The van der Waals surface area contributed by atoms with Gasteiger partial charge in [-0.1, -0.05) is 24.3 Å². The van der Waals surface area contributed by atoms with Gasteiger partial charge < -0.3 is 10.4 Å². The molecule has 0 saturated carbocycles. The number of hydrogen-bond donors (Lipinski definition) is 3. The molecular weight excluding hydrogens is 282 g/mol. The lowest BCUT2D eigenvalue weighted by Gasteiger charge is -2.07. The van der Waals surface area contributed by atoms with E-state index in [1.807, 2.05) is 24.3 Å². The Morgan fingerprint density at radius 3 is 2.68 bits per heavy atom. The minimum absolute atomic E-state index is 0.280. The fourth-order valence-corrected chi connectivity index (χ4v) is 2.02. The van der Waals surface area contributed by atoms with Gasteiger partial charge >= 0.3 is 5.97 Å². The van der Waals surface area contributed by atoms with Crippen LogP contribution in [0.15, 0.2) is 48.5 Å². The average Bonchev–Trinajstić information content (AvgIpc) is 3.08. The second-order valence-electron chi connectivity index (χ2n) is 4.67. The van der Waals surface area contributed by atoms with Gasteiger partial charge in [-0.3, -0.25) is 0 Å². The number of aromatic carboxylic acids is 1. The summed E-state index contributed by atoms with van der Waals surface area (Å²) in [5.74, 6) is -0.387. The van der Waals surface area contributed by atoms with Crippen LogP contribution in [-0.4, -0.2) is 31.7 Å². The maximum atomic E-state index is 10.8. The van der Waals surface area contributed by atoms with E-state index >= 15 is 0 Å². The SMILES string of the molecule is O=C(O)c1ccc(CNc2cccc(-c3nn[nH]n3)c2)cc1. The third-order valence-corrected chi connectivity index (χ3v) is 3.16. The molecule has 0 unspecified atom stereocenters. The fourth-order valence-electron chi connectivity index (χ4n) is 2.02. The van der Waals surface area contributed by atoms with E-state index in [1.54, 1.807) is 24.3 Å². The van der Waals surface area contributed by atoms with Crippen molar-refractivity contribution in [2.45, 2.75) is 6.54 Å². The number of anilines is 1. The highest BCUT2D eigenvalue weighted by atomic mass is 16.4. The number of aromatic nitrogens is 4. The minimum atomic E-state index is -0.924. The Hall–Kier alpha value is -3.22. The molecule has 110 valence electrons. The van der Waals surface area contributed by atoms with Crippen molar-refractivity contribution in [1.82, 2.24) is 20.6 Å². The summed E-state index contributed by atoms with van der Waals surface area (Å²) in [6, 6.07) is 14.4. The molecule has 7 nitrogen and oxygen atoms in total. The molecule has 3 rings (SSSR count). The second kappa shape index (κ2) is 6.04. The number of nitrogens with one attached hydrogen (secondary N) is 2. The number of hydrogen-bond acceptors (Lipinski definition) is 5. The average molecular weight is 295 g/mol. The number of aromatic amines is 1. The molecule has 0 saturated heterocycles. The summed E-state index contributed by atoms with van der Waals surface area (Å²) in [6.45, 7) is 0.593. The van der Waals surface area contributed by atoms with Gasteiger partial charge in [-0.25, -0.2) is 4.79 Å². The van der Waals surface area contributed by atoms with Crippen molar-refractivity contribution in [3.8, 4) is 11.4 Å². The molecule has 0 radical (unpaired) electrons. The molecule has 7 heteroatoms. The lowest BCUT2D eigenvalue weighted by molar-refractivity contribution is 0.0697. The largest absolute Gasteiger partial charge is 0.478 e. The number of carboxylic acid groups (broad SMARTS) is 1. The molecule has 22 heavy (non-hydrogen) atoms. The van der Waals surface area contributed by atoms with Crippen LogP contribution in [-0.2, 0) is 6.54 Å². The number of nitrogens with zero attached hydrogens (tertiary/aromatic N) is 3. The first kappa shape index (κ1) is 13.7. The van der Waals surface area contributed by atoms with Gasteiger partial charge in [0.25, 0.3) is 0 Å². The minimum Gasteiger partial charge on any atom is -0.478 e. The molecule has 1 heterocycles. The first-order valence-corrected chi connectivity index (χ1v) is 6.62. The van der Waals surface area contributed by atoms with Gasteiger partial charge in [-0.15, -0.1) is 10.2 Å². The van der Waals surface area contributed by atoms with E-state index in [-0.39, 0.29) is 5.56 Å². The van der Waals surface area contributed by atoms with Gasteiger partial charge in [-0.05, 0) is 35.0 Å². The van der Waals surface area contributed by atoms with Crippen LogP contribution in [0.3, 0.4) is 0 Å². The number of carboxylic acids is 1. The number of H-pyrrole nitrogens is 1. The fraction of sp³-hybridized carbons (Fsp3) is 0.0667. The highest BCUT2D eigenvalue weighted by Crippen LogP contribution is 2.19. The predicted octanol–water partition coefficient (Wildman–Crippen LogP) is 2.18. The van der Waals surface area contributed by atoms with Crippen molar-refractivity contribution in [1.29, 1.82) is 0 Å². The normalized spacial score (nSPS) is 10.4. The Labute approximate surface area is 126 Å². The zero-order chi connectivity index (χ0) is 15.4. The topological polar surface area (TPSA) is 104 Å². The summed E-state index contributed by atoms with van der Waals surface area (Å²) in [6.07, 6.45) is 0. The van der Waals surface area contributed by atoms with Crippen LogP contribution in [0.2, 0.25) is 0 Å². The van der Waals surface area contributed by atoms with Crippen LogP contribution in [0.25, 0.3) is 11.4 Å². The summed E-state index contributed by atoms with van der Waals surface area (Å²) < 4.78 is 0. The van der Waals surface area contributed by atoms with Crippen LogP contribution >= 0.6 is 0 Å². The number of rotatable bonds is 5. The molecule has 2 aromatic carbocycles. The van der Waals surface area contributed by atoms with E-state index in [4.69, 9.17) is 5.11 Å². The zero-order valence-electron chi connectivity index (χ0n) is 11.5. The van der Waals surface area contributed by atoms with Crippen molar-refractivity contribution >= 4 is 11.7 Å². The van der Waals surface area contributed by atoms with Crippen molar-refractivity contribution in [2.75, 3.05) is 5.32 Å². The highest BCUT2D eigenvalue weighted by molar-refractivity contribution is 5.87. The smallest absolute Gasteiger partial charge is 0.335 e. The molecule has 0 fully saturated rings. The molecule has 1 aromatic heterocycles. The Morgan fingerprint density at radius 2 is 2.00 bits per heavy atom. The molecule has 0 bridgehead atoms. The first-order chi connectivity index (χ1) is 10.7. The van der Waals surface area contributed by atoms with Gasteiger partial charge in [0, 0.05) is 17.8 Å². The van der Waals surface area contributed by atoms with E-state index < -0.39 is 5.97 Å². The molecular formula is C15H13N5O2. The van der Waals surface area contributed by atoms with Gasteiger partial charge in [0.2, 0.25) is 5.82 Å². The van der Waals surface area contributed by atoms with E-state index in [2.05, 4.69) is 25.9 Å². The van der Waals surface area contributed by atoms with Crippen molar-refractivity contribution in [3.63, 3.8) is 0 Å². The van der Waals surface area contributed by atoms with Crippen LogP contribution in [0.1, 0.15) is 15.9 Å². The number of tetrazole rings is 1. The summed E-state index contributed by atoms with van der Waals surface area (Å²) in [5.41, 5.74) is 3.06. The first-order valence-electron chi connectivity index (χ1n) is 6.62. The quantitative estimate of drug-likeness (QED) is 0.666. The van der Waals surface area contributed by atoms with Gasteiger partial charge in [-0.2, -0.15) is 5.21 Å². The van der Waals surface area contributed by atoms with Crippen LogP contribution < -0.4 is 5.32 Å². The number of carbonyl (C=O) groups is 1. The summed E-state index contributed by atoms with van der Waals surface area (Å²) in [4.78, 5) is 10.8. The summed E-state index contributed by atoms with van der Waals surface area (Å²) >= 11 is 0. The van der Waals surface area contributed by atoms with E-state index in [1.165, 1.54) is 0 Å². The highest BCUT2D eigenvalue weighted by Gasteiger charge is 2.04. The number of benzene rings is 2. The van der Waals surface area contributed by atoms with Gasteiger partial charge in [0.15, 0.2) is 0 Å². The molecule has 0 aliphatic carbocycles. The maximum absolute atomic E-state index is 10.8. The molecule has 3 N–H and O–H groups in total. The van der Waals surface area contributed by atoms with Crippen LogP contribution in [0.4, 0.5) is 5.69 Å². The summed E-state index contributed by atoms with van der Waals surface area (Å²) in [7, 11) is 0. The Kier molecular flexibility index (Phi) is 3.78. The maximum Gasteiger partial charge on any atom is 0.335 e. The Bertz CT molecular complexity index is 769. The van der Waals surface area contributed by atoms with Crippen molar-refractivity contribution < 1.29 is 9.90 Å². The molecule has 0 atom stereocenters. The molecule has 0 spiro atoms. The lowest BCUT2D eigenvalue weighted by atomic mass is 10.1.